The predicted octanol–water partition coefficient (Wildman–Crippen LogP) is 2.21. The van der Waals surface area contributed by atoms with Gasteiger partial charge in [-0.25, -0.2) is 9.78 Å². The fourth-order valence-electron chi connectivity index (χ4n) is 3.10. The molecule has 134 valence electrons. The largest absolute Gasteiger partial charge is 0.448 e. The van der Waals surface area contributed by atoms with Crippen LogP contribution in [-0.2, 0) is 9.53 Å². The van der Waals surface area contributed by atoms with Crippen molar-refractivity contribution in [1.82, 2.24) is 15.3 Å². The third kappa shape index (κ3) is 3.58. The fraction of sp³-hybridized carbons (Fsp3) is 0.529. The number of aromatic nitrogens is 2. The van der Waals surface area contributed by atoms with E-state index in [2.05, 4.69) is 15.3 Å². The Morgan fingerprint density at radius 1 is 1.32 bits per heavy atom. The van der Waals surface area contributed by atoms with Gasteiger partial charge in [-0.3, -0.25) is 9.59 Å². The van der Waals surface area contributed by atoms with E-state index in [4.69, 9.17) is 4.74 Å². The molecule has 0 saturated heterocycles. The molecule has 0 radical (unpaired) electrons. The quantitative estimate of drug-likeness (QED) is 0.811. The zero-order valence-corrected chi connectivity index (χ0v) is 15.3. The molecule has 0 aliphatic heterocycles. The number of nitrogens with zero attached hydrogens (tertiary/aromatic N) is 1. The van der Waals surface area contributed by atoms with Crippen molar-refractivity contribution in [3.8, 4) is 0 Å². The summed E-state index contributed by atoms with van der Waals surface area (Å²) in [6.45, 7) is 4.92. The minimum absolute atomic E-state index is 0.172. The van der Waals surface area contributed by atoms with Crippen LogP contribution in [0.25, 0.3) is 10.2 Å². The molecule has 2 aromatic heterocycles. The lowest BCUT2D eigenvalue weighted by atomic mass is 10.2. The van der Waals surface area contributed by atoms with E-state index in [-0.39, 0.29) is 17.5 Å². The number of rotatable bonds is 4. The maximum absolute atomic E-state index is 12.5. The number of carbonyl (C=O) groups excluding carboxylic acids is 2. The smallest absolute Gasteiger partial charge is 0.349 e. The van der Waals surface area contributed by atoms with Crippen LogP contribution >= 0.6 is 11.3 Å². The lowest BCUT2D eigenvalue weighted by Gasteiger charge is -2.16. The van der Waals surface area contributed by atoms with Crippen molar-refractivity contribution in [2.75, 3.05) is 0 Å². The summed E-state index contributed by atoms with van der Waals surface area (Å²) in [6, 6.07) is 0.172. The van der Waals surface area contributed by atoms with Crippen LogP contribution in [0.15, 0.2) is 4.79 Å². The number of amides is 1. The highest BCUT2D eigenvalue weighted by Crippen LogP contribution is 2.28. The average Bonchev–Trinajstić information content (AvgIpc) is 3.15. The van der Waals surface area contributed by atoms with Crippen LogP contribution < -0.4 is 10.9 Å². The minimum atomic E-state index is -0.884. The first kappa shape index (κ1) is 17.6. The van der Waals surface area contributed by atoms with Gasteiger partial charge < -0.3 is 15.0 Å². The maximum Gasteiger partial charge on any atom is 0.349 e. The van der Waals surface area contributed by atoms with E-state index in [0.717, 1.165) is 37.0 Å². The van der Waals surface area contributed by atoms with Gasteiger partial charge in [0.15, 0.2) is 6.10 Å². The van der Waals surface area contributed by atoms with Crippen LogP contribution in [0.1, 0.15) is 53.7 Å². The highest BCUT2D eigenvalue weighted by atomic mass is 32.1. The van der Waals surface area contributed by atoms with Crippen molar-refractivity contribution in [3.63, 3.8) is 0 Å². The number of aryl methyl sites for hydroxylation is 2. The van der Waals surface area contributed by atoms with Gasteiger partial charge in [-0.05, 0) is 39.2 Å². The molecular weight excluding hydrogens is 342 g/mol. The molecule has 2 aromatic rings. The van der Waals surface area contributed by atoms with Gasteiger partial charge in [-0.15, -0.1) is 11.3 Å². The van der Waals surface area contributed by atoms with Gasteiger partial charge in [0.2, 0.25) is 0 Å². The monoisotopic (exact) mass is 363 g/mol. The number of ether oxygens (including phenoxy) is 1. The molecule has 0 spiro atoms. The summed E-state index contributed by atoms with van der Waals surface area (Å²) in [4.78, 5) is 44.4. The predicted molar refractivity (Wildman–Crippen MR) is 95.0 cm³/mol. The Hall–Kier alpha value is -2.22. The number of thiophene rings is 1. The summed E-state index contributed by atoms with van der Waals surface area (Å²) in [5.74, 6) is -0.402. The van der Waals surface area contributed by atoms with E-state index in [1.54, 1.807) is 20.8 Å². The van der Waals surface area contributed by atoms with Crippen LogP contribution in [0.3, 0.4) is 0 Å². The van der Waals surface area contributed by atoms with Gasteiger partial charge >= 0.3 is 5.97 Å². The Morgan fingerprint density at radius 2 is 2.00 bits per heavy atom. The van der Waals surface area contributed by atoms with Gasteiger partial charge in [0.05, 0.1) is 5.39 Å². The van der Waals surface area contributed by atoms with Crippen LogP contribution in [0, 0.1) is 13.8 Å². The minimum Gasteiger partial charge on any atom is -0.448 e. The summed E-state index contributed by atoms with van der Waals surface area (Å²) in [6.07, 6.45) is 3.28. The van der Waals surface area contributed by atoms with Crippen LogP contribution in [0.5, 0.6) is 0 Å². The normalized spacial score (nSPS) is 16.1. The second kappa shape index (κ2) is 6.95. The highest BCUT2D eigenvalue weighted by Gasteiger charge is 2.26. The molecule has 1 amide bonds. The lowest BCUT2D eigenvalue weighted by molar-refractivity contribution is -0.129. The number of fused-ring (bicyclic) bond motifs is 1. The van der Waals surface area contributed by atoms with Gasteiger partial charge in [0.25, 0.3) is 11.5 Å². The molecule has 1 saturated carbocycles. The molecule has 0 aromatic carbocycles. The standard InChI is InChI=1S/C17H21N3O4S/c1-8-12-15(22)18-10(3)19-16(12)25-13(8)17(23)24-9(2)14(21)20-11-6-4-5-7-11/h9,11H,4-7H2,1-3H3,(H,20,21)(H,18,19,22). The number of H-pyrrole nitrogens is 1. The second-order valence-corrected chi connectivity index (χ2v) is 7.42. The van der Waals surface area contributed by atoms with Gasteiger partial charge in [-0.2, -0.15) is 0 Å². The van der Waals surface area contributed by atoms with Gasteiger partial charge in [0.1, 0.15) is 15.5 Å². The molecular formula is C17H21N3O4S. The maximum atomic E-state index is 12.5. The molecule has 1 atom stereocenters. The molecule has 1 unspecified atom stereocenters. The number of aromatic amines is 1. The van der Waals surface area contributed by atoms with E-state index in [1.807, 2.05) is 0 Å². The topological polar surface area (TPSA) is 101 Å². The van der Waals surface area contributed by atoms with E-state index in [0.29, 0.717) is 26.5 Å². The Morgan fingerprint density at radius 3 is 2.68 bits per heavy atom. The molecule has 1 aliphatic carbocycles. The summed E-state index contributed by atoms with van der Waals surface area (Å²) in [5.41, 5.74) is 0.254. The number of nitrogens with one attached hydrogen (secondary N) is 2. The van der Waals surface area contributed by atoms with E-state index >= 15 is 0 Å². The van der Waals surface area contributed by atoms with Crippen molar-refractivity contribution >= 4 is 33.4 Å². The number of esters is 1. The third-order valence-corrected chi connectivity index (χ3v) is 5.62. The van der Waals surface area contributed by atoms with Crippen molar-refractivity contribution in [3.05, 3.63) is 26.6 Å². The highest BCUT2D eigenvalue weighted by molar-refractivity contribution is 7.20. The van der Waals surface area contributed by atoms with Crippen LogP contribution in [-0.4, -0.2) is 34.0 Å². The lowest BCUT2D eigenvalue weighted by Crippen LogP contribution is -2.40. The number of carbonyl (C=O) groups is 2. The fourth-order valence-corrected chi connectivity index (χ4v) is 4.21. The van der Waals surface area contributed by atoms with Crippen molar-refractivity contribution < 1.29 is 14.3 Å². The molecule has 8 heteroatoms. The second-order valence-electron chi connectivity index (χ2n) is 6.43. The molecule has 0 bridgehead atoms. The summed E-state index contributed by atoms with van der Waals surface area (Å²) < 4.78 is 5.31. The van der Waals surface area contributed by atoms with Crippen molar-refractivity contribution in [1.29, 1.82) is 0 Å². The molecule has 25 heavy (non-hydrogen) atoms. The molecule has 7 nitrogen and oxygen atoms in total. The number of hydrogen-bond acceptors (Lipinski definition) is 6. The zero-order valence-electron chi connectivity index (χ0n) is 14.5. The van der Waals surface area contributed by atoms with Crippen LogP contribution in [0.2, 0.25) is 0 Å². The van der Waals surface area contributed by atoms with E-state index < -0.39 is 12.1 Å². The Labute approximate surface area is 148 Å². The molecule has 2 N–H and O–H groups in total. The first-order valence-electron chi connectivity index (χ1n) is 8.38. The summed E-state index contributed by atoms with van der Waals surface area (Å²) in [5, 5.41) is 3.31. The zero-order chi connectivity index (χ0) is 18.1. The molecule has 1 fully saturated rings. The Bertz CT molecular complexity index is 880. The summed E-state index contributed by atoms with van der Waals surface area (Å²) >= 11 is 1.11. The Kier molecular flexibility index (Phi) is 4.89. The summed E-state index contributed by atoms with van der Waals surface area (Å²) in [7, 11) is 0. The van der Waals surface area contributed by atoms with Crippen LogP contribution in [0.4, 0.5) is 0 Å². The van der Waals surface area contributed by atoms with E-state index in [1.165, 1.54) is 0 Å². The van der Waals surface area contributed by atoms with Gasteiger partial charge in [0, 0.05) is 6.04 Å². The van der Waals surface area contributed by atoms with Crippen molar-refractivity contribution in [2.45, 2.75) is 58.6 Å². The first-order valence-corrected chi connectivity index (χ1v) is 9.20. The SMILES string of the molecule is Cc1nc2sc(C(=O)OC(C)C(=O)NC3CCCC3)c(C)c2c(=O)[nH]1. The molecule has 1 aliphatic rings. The van der Waals surface area contributed by atoms with E-state index in [9.17, 15) is 14.4 Å². The van der Waals surface area contributed by atoms with Gasteiger partial charge in [-0.1, -0.05) is 12.8 Å². The average molecular weight is 363 g/mol. The first-order chi connectivity index (χ1) is 11.9. The molecule has 2 heterocycles. The van der Waals surface area contributed by atoms with Crippen molar-refractivity contribution in [2.24, 2.45) is 0 Å². The Balaban J connectivity index is 1.75. The number of hydrogen-bond donors (Lipinski definition) is 2. The third-order valence-electron chi connectivity index (χ3n) is 4.46. The molecule has 3 rings (SSSR count).